The molecular weight excluding hydrogens is 366 g/mol. The van der Waals surface area contributed by atoms with Crippen molar-refractivity contribution in [2.75, 3.05) is 19.6 Å². The van der Waals surface area contributed by atoms with Crippen molar-refractivity contribution in [1.29, 1.82) is 0 Å². The van der Waals surface area contributed by atoms with E-state index in [0.29, 0.717) is 12.6 Å². The number of rotatable bonds is 3. The summed E-state index contributed by atoms with van der Waals surface area (Å²) < 4.78 is 54.2. The summed E-state index contributed by atoms with van der Waals surface area (Å²) >= 11 is 0. The lowest BCUT2D eigenvalue weighted by Crippen LogP contribution is -2.59. The molecule has 26 heavy (non-hydrogen) atoms. The Morgan fingerprint density at radius 3 is 2.58 bits per heavy atom. The highest BCUT2D eigenvalue weighted by molar-refractivity contribution is 7.89. The van der Waals surface area contributed by atoms with Crippen molar-refractivity contribution in [1.82, 2.24) is 9.21 Å². The first kappa shape index (κ1) is 18.6. The molecule has 0 aromatic heterocycles. The fraction of sp³-hybridized carbons (Fsp3) is 0.438. The second-order valence-corrected chi connectivity index (χ2v) is 8.18. The van der Waals surface area contributed by atoms with E-state index in [1.807, 2.05) is 0 Å². The smallest absolute Gasteiger partial charge is 0.274 e. The fourth-order valence-corrected chi connectivity index (χ4v) is 4.86. The molecule has 0 unspecified atom stereocenters. The Bertz CT molecular complexity index is 901. The van der Waals surface area contributed by atoms with Crippen molar-refractivity contribution < 1.29 is 22.0 Å². The van der Waals surface area contributed by atoms with Gasteiger partial charge in [0.05, 0.1) is 6.54 Å². The van der Waals surface area contributed by atoms with Gasteiger partial charge in [-0.05, 0) is 38.1 Å². The number of hydrogen-bond donors (Lipinski definition) is 0. The van der Waals surface area contributed by atoms with Gasteiger partial charge in [-0.3, -0.25) is 4.79 Å². The van der Waals surface area contributed by atoms with E-state index in [1.165, 1.54) is 4.90 Å². The molecule has 0 N–H and O–H groups in total. The van der Waals surface area contributed by atoms with E-state index in [4.69, 9.17) is 0 Å². The molecule has 2 aliphatic rings. The largest absolute Gasteiger partial charge is 0.332 e. The van der Waals surface area contributed by atoms with Gasteiger partial charge >= 0.3 is 0 Å². The van der Waals surface area contributed by atoms with E-state index < -0.39 is 38.6 Å². The number of halogens is 2. The molecule has 140 valence electrons. The highest BCUT2D eigenvalue weighted by Gasteiger charge is 2.40. The van der Waals surface area contributed by atoms with Crippen LogP contribution < -0.4 is 0 Å². The Kier molecular flexibility index (Phi) is 4.89. The molecule has 0 radical (unpaired) electrons. The quantitative estimate of drug-likeness (QED) is 0.798. The fourth-order valence-electron chi connectivity index (χ4n) is 3.08. The summed E-state index contributed by atoms with van der Waals surface area (Å²) in [4.78, 5) is 13.3. The second kappa shape index (κ2) is 6.84. The van der Waals surface area contributed by atoms with E-state index in [-0.39, 0.29) is 24.7 Å². The molecule has 1 aromatic rings. The molecule has 1 aromatic carbocycles. The minimum absolute atomic E-state index is 0.0321. The molecule has 0 saturated carbocycles. The van der Waals surface area contributed by atoms with E-state index in [1.54, 1.807) is 19.9 Å². The molecule has 1 amide bonds. The number of carbonyl (C=O) groups excluding carboxylic acids is 1. The number of nitrogens with zero attached hydrogens (tertiary/aromatic N) is 4. The molecule has 0 spiro atoms. The number of piperazine rings is 1. The lowest BCUT2D eigenvalue weighted by Gasteiger charge is -2.43. The van der Waals surface area contributed by atoms with Crippen LogP contribution in [0.15, 0.2) is 45.1 Å². The first-order valence-corrected chi connectivity index (χ1v) is 9.51. The summed E-state index contributed by atoms with van der Waals surface area (Å²) in [6, 6.07) is 1.25. The van der Waals surface area contributed by atoms with Crippen LogP contribution in [0.4, 0.5) is 8.78 Å². The van der Waals surface area contributed by atoms with Crippen molar-refractivity contribution in [3.8, 4) is 0 Å². The summed E-state index contributed by atoms with van der Waals surface area (Å²) in [5.74, 6) is -2.17. The minimum Gasteiger partial charge on any atom is -0.332 e. The van der Waals surface area contributed by atoms with E-state index >= 15 is 0 Å². The SMILES string of the molecule is C[C@@H]1CN(C(=O)C2=CCN=N2)[C@@H](C)CN1S(=O)(=O)c1cc(F)ccc1F. The van der Waals surface area contributed by atoms with E-state index in [0.717, 1.165) is 16.4 Å². The molecule has 2 aliphatic heterocycles. The molecular formula is C16H18F2N4O3S. The highest BCUT2D eigenvalue weighted by Crippen LogP contribution is 2.27. The summed E-state index contributed by atoms with van der Waals surface area (Å²) in [5.41, 5.74) is 0.233. The number of sulfonamides is 1. The summed E-state index contributed by atoms with van der Waals surface area (Å²) in [5, 5.41) is 7.52. The maximum Gasteiger partial charge on any atom is 0.274 e. The normalized spacial score (nSPS) is 24.0. The van der Waals surface area contributed by atoms with Crippen LogP contribution in [0, 0.1) is 11.6 Å². The van der Waals surface area contributed by atoms with Crippen LogP contribution in [-0.2, 0) is 14.8 Å². The van der Waals surface area contributed by atoms with Gasteiger partial charge < -0.3 is 4.90 Å². The number of amides is 1. The third-order valence-corrected chi connectivity index (χ3v) is 6.43. The average molecular weight is 384 g/mol. The van der Waals surface area contributed by atoms with E-state index in [9.17, 15) is 22.0 Å². The molecule has 1 saturated heterocycles. The predicted molar refractivity (Wildman–Crippen MR) is 88.7 cm³/mol. The van der Waals surface area contributed by atoms with Gasteiger partial charge in [-0.25, -0.2) is 17.2 Å². The van der Waals surface area contributed by atoms with Gasteiger partial charge in [0.2, 0.25) is 10.0 Å². The van der Waals surface area contributed by atoms with Gasteiger partial charge in [0.1, 0.15) is 22.2 Å². The Morgan fingerprint density at radius 2 is 1.92 bits per heavy atom. The van der Waals surface area contributed by atoms with Crippen molar-refractivity contribution >= 4 is 15.9 Å². The van der Waals surface area contributed by atoms with Gasteiger partial charge in [0.25, 0.3) is 5.91 Å². The van der Waals surface area contributed by atoms with Crippen LogP contribution in [0.25, 0.3) is 0 Å². The zero-order chi connectivity index (χ0) is 19.1. The molecule has 2 atom stereocenters. The monoisotopic (exact) mass is 384 g/mol. The summed E-state index contributed by atoms with van der Waals surface area (Å²) in [7, 11) is -4.24. The number of carbonyl (C=O) groups is 1. The number of azo groups is 1. The van der Waals surface area contributed by atoms with Crippen LogP contribution in [0.3, 0.4) is 0 Å². The van der Waals surface area contributed by atoms with Crippen LogP contribution in [0.5, 0.6) is 0 Å². The minimum atomic E-state index is -4.24. The van der Waals surface area contributed by atoms with Gasteiger partial charge in [-0.15, -0.1) is 0 Å². The van der Waals surface area contributed by atoms with Crippen LogP contribution in [0.1, 0.15) is 13.8 Å². The van der Waals surface area contributed by atoms with Crippen LogP contribution in [0.2, 0.25) is 0 Å². The second-order valence-electron chi connectivity index (χ2n) is 6.32. The van der Waals surface area contributed by atoms with Crippen molar-refractivity contribution in [3.05, 3.63) is 41.6 Å². The standard InChI is InChI=1S/C16H18F2N4O3S/c1-10-9-22(26(24,25)15-7-12(17)3-4-13(15)18)11(2)8-21(10)16(23)14-5-6-19-20-14/h3-5,7,10-11H,6,8-9H2,1-2H3/t10-,11+/m0/s1. The van der Waals surface area contributed by atoms with Crippen molar-refractivity contribution in [3.63, 3.8) is 0 Å². The van der Waals surface area contributed by atoms with Gasteiger partial charge in [-0.2, -0.15) is 14.5 Å². The predicted octanol–water partition coefficient (Wildman–Crippen LogP) is 1.92. The Balaban J connectivity index is 1.86. The van der Waals surface area contributed by atoms with Gasteiger partial charge in [0.15, 0.2) is 0 Å². The molecule has 7 nitrogen and oxygen atoms in total. The average Bonchev–Trinajstić information content (AvgIpc) is 3.12. The Morgan fingerprint density at radius 1 is 1.19 bits per heavy atom. The lowest BCUT2D eigenvalue weighted by atomic mass is 10.1. The van der Waals surface area contributed by atoms with Crippen LogP contribution in [-0.4, -0.2) is 55.2 Å². The summed E-state index contributed by atoms with van der Waals surface area (Å²) in [6.45, 7) is 3.74. The lowest BCUT2D eigenvalue weighted by molar-refractivity contribution is -0.131. The summed E-state index contributed by atoms with van der Waals surface area (Å²) in [6.07, 6.45) is 1.60. The van der Waals surface area contributed by atoms with Crippen LogP contribution >= 0.6 is 0 Å². The van der Waals surface area contributed by atoms with Crippen molar-refractivity contribution in [2.24, 2.45) is 10.2 Å². The molecule has 1 fully saturated rings. The zero-order valence-corrected chi connectivity index (χ0v) is 15.1. The highest BCUT2D eigenvalue weighted by atomic mass is 32.2. The first-order chi connectivity index (χ1) is 12.2. The van der Waals surface area contributed by atoms with E-state index in [2.05, 4.69) is 10.2 Å². The molecule has 3 rings (SSSR count). The number of benzene rings is 1. The van der Waals surface area contributed by atoms with Gasteiger partial charge in [-0.1, -0.05) is 0 Å². The topological polar surface area (TPSA) is 82.4 Å². The van der Waals surface area contributed by atoms with Crippen molar-refractivity contribution in [2.45, 2.75) is 30.8 Å². The Hall–Kier alpha value is -2.20. The molecule has 2 heterocycles. The maximum absolute atomic E-state index is 14.0. The Labute approximate surface area is 150 Å². The maximum atomic E-state index is 14.0. The molecule has 10 heteroatoms. The first-order valence-electron chi connectivity index (χ1n) is 8.07. The number of hydrogen-bond acceptors (Lipinski definition) is 5. The molecule has 0 bridgehead atoms. The molecule has 0 aliphatic carbocycles. The third-order valence-electron chi connectivity index (χ3n) is 4.43. The zero-order valence-electron chi connectivity index (χ0n) is 14.3. The third kappa shape index (κ3) is 3.26. The van der Waals surface area contributed by atoms with Gasteiger partial charge in [0, 0.05) is 25.2 Å².